The molecule has 0 radical (unpaired) electrons. The van der Waals surface area contributed by atoms with Crippen LogP contribution >= 0.6 is 50.5 Å². The first-order valence-corrected chi connectivity index (χ1v) is 7.80. The van der Waals surface area contributed by atoms with Gasteiger partial charge in [-0.25, -0.2) is 0 Å². The van der Waals surface area contributed by atoms with Crippen LogP contribution in [0.15, 0.2) is 28.7 Å². The Labute approximate surface area is 134 Å². The van der Waals surface area contributed by atoms with Gasteiger partial charge in [0, 0.05) is 9.35 Å². The molecule has 19 heavy (non-hydrogen) atoms. The molecule has 0 N–H and O–H groups in total. The maximum absolute atomic E-state index is 6.48. The van der Waals surface area contributed by atoms with E-state index in [0.717, 1.165) is 14.9 Å². The molecule has 0 fully saturated rings. The molecule has 0 aliphatic heterocycles. The van der Waals surface area contributed by atoms with Crippen molar-refractivity contribution < 1.29 is 9.47 Å². The molecule has 1 heterocycles. The van der Waals surface area contributed by atoms with Gasteiger partial charge in [-0.05, 0) is 39.7 Å². The minimum atomic E-state index is -0.270. The van der Waals surface area contributed by atoms with Gasteiger partial charge in [-0.15, -0.1) is 22.9 Å². The summed E-state index contributed by atoms with van der Waals surface area (Å²) < 4.78 is 12.0. The van der Waals surface area contributed by atoms with E-state index in [0.29, 0.717) is 15.8 Å². The van der Waals surface area contributed by atoms with Crippen LogP contribution < -0.4 is 9.47 Å². The summed E-state index contributed by atoms with van der Waals surface area (Å²) in [5.41, 5.74) is 0.935. The predicted octanol–water partition coefficient (Wildman–Crippen LogP) is 5.51. The lowest BCUT2D eigenvalue weighted by Gasteiger charge is -2.12. The van der Waals surface area contributed by atoms with Gasteiger partial charge in [-0.2, -0.15) is 0 Å². The van der Waals surface area contributed by atoms with Gasteiger partial charge in [-0.1, -0.05) is 17.7 Å². The smallest absolute Gasteiger partial charge is 0.161 e. The number of halogens is 3. The van der Waals surface area contributed by atoms with Crippen LogP contribution in [0.1, 0.15) is 15.8 Å². The van der Waals surface area contributed by atoms with Crippen LogP contribution in [0.5, 0.6) is 11.5 Å². The van der Waals surface area contributed by atoms with Crippen molar-refractivity contribution in [3.63, 3.8) is 0 Å². The first kappa shape index (κ1) is 15.0. The van der Waals surface area contributed by atoms with E-state index in [1.165, 1.54) is 11.3 Å². The largest absolute Gasteiger partial charge is 0.493 e. The molecule has 0 saturated carbocycles. The van der Waals surface area contributed by atoms with Crippen molar-refractivity contribution >= 4 is 50.5 Å². The van der Waals surface area contributed by atoms with Gasteiger partial charge >= 0.3 is 0 Å². The summed E-state index contributed by atoms with van der Waals surface area (Å²) in [4.78, 5) is 0.978. The van der Waals surface area contributed by atoms with Crippen LogP contribution in [0.3, 0.4) is 0 Å². The third-order valence-corrected chi connectivity index (χ3v) is 5.77. The second-order valence-corrected chi connectivity index (χ2v) is 6.72. The zero-order chi connectivity index (χ0) is 14.0. The Kier molecular flexibility index (Phi) is 5.01. The van der Waals surface area contributed by atoms with E-state index < -0.39 is 0 Å². The Morgan fingerprint density at radius 2 is 1.84 bits per heavy atom. The topological polar surface area (TPSA) is 18.5 Å². The van der Waals surface area contributed by atoms with Gasteiger partial charge in [0.2, 0.25) is 0 Å². The molecule has 2 rings (SSSR count). The fraction of sp³-hybridized carbons (Fsp3) is 0.231. The molecule has 102 valence electrons. The summed E-state index contributed by atoms with van der Waals surface area (Å²) in [5, 5.41) is -0.270. The van der Waals surface area contributed by atoms with Crippen LogP contribution in [0.2, 0.25) is 4.34 Å². The molecule has 2 nitrogen and oxygen atoms in total. The maximum atomic E-state index is 6.48. The third-order valence-electron chi connectivity index (χ3n) is 2.61. The molecule has 0 saturated heterocycles. The monoisotopic (exact) mass is 380 g/mol. The predicted molar refractivity (Wildman–Crippen MR) is 84.3 cm³/mol. The molecular formula is C13H11BrCl2O2S. The van der Waals surface area contributed by atoms with Gasteiger partial charge in [0.25, 0.3) is 0 Å². The number of thiophene rings is 1. The SMILES string of the molecule is COc1ccc(C(Cl)c2cc(Br)c(Cl)s2)cc1OC. The molecule has 0 spiro atoms. The Balaban J connectivity index is 2.35. The first-order valence-electron chi connectivity index (χ1n) is 5.37. The second kappa shape index (κ2) is 6.35. The molecule has 1 atom stereocenters. The lowest BCUT2D eigenvalue weighted by atomic mass is 10.1. The molecule has 2 aromatic rings. The van der Waals surface area contributed by atoms with Crippen LogP contribution in [-0.2, 0) is 0 Å². The summed E-state index contributed by atoms with van der Waals surface area (Å²) in [6, 6.07) is 7.56. The molecule has 1 unspecified atom stereocenters. The van der Waals surface area contributed by atoms with Crippen molar-refractivity contribution in [1.29, 1.82) is 0 Å². The zero-order valence-electron chi connectivity index (χ0n) is 10.2. The van der Waals surface area contributed by atoms with Crippen molar-refractivity contribution in [3.8, 4) is 11.5 Å². The molecule has 1 aromatic heterocycles. The molecule has 0 aliphatic carbocycles. The lowest BCUT2D eigenvalue weighted by Crippen LogP contribution is -1.95. The Hall–Kier alpha value is -0.420. The Morgan fingerprint density at radius 1 is 1.16 bits per heavy atom. The average Bonchev–Trinajstić information content (AvgIpc) is 2.77. The lowest BCUT2D eigenvalue weighted by molar-refractivity contribution is 0.354. The summed E-state index contributed by atoms with van der Waals surface area (Å²) >= 11 is 17.3. The fourth-order valence-electron chi connectivity index (χ4n) is 1.66. The fourth-order valence-corrected chi connectivity index (χ4v) is 3.74. The summed E-state index contributed by atoms with van der Waals surface area (Å²) in [6.45, 7) is 0. The number of methoxy groups -OCH3 is 2. The van der Waals surface area contributed by atoms with E-state index in [9.17, 15) is 0 Å². The number of rotatable bonds is 4. The Morgan fingerprint density at radius 3 is 2.37 bits per heavy atom. The zero-order valence-corrected chi connectivity index (χ0v) is 14.2. The van der Waals surface area contributed by atoms with Crippen LogP contribution in [0, 0.1) is 0 Å². The number of alkyl halides is 1. The van der Waals surface area contributed by atoms with E-state index in [2.05, 4.69) is 15.9 Å². The van der Waals surface area contributed by atoms with Crippen LogP contribution in [0.4, 0.5) is 0 Å². The number of ether oxygens (including phenoxy) is 2. The molecule has 0 aliphatic rings. The van der Waals surface area contributed by atoms with Crippen LogP contribution in [-0.4, -0.2) is 14.2 Å². The highest BCUT2D eigenvalue weighted by atomic mass is 79.9. The highest BCUT2D eigenvalue weighted by Gasteiger charge is 2.17. The minimum Gasteiger partial charge on any atom is -0.493 e. The van der Waals surface area contributed by atoms with Crippen molar-refractivity contribution in [1.82, 2.24) is 0 Å². The van der Waals surface area contributed by atoms with Gasteiger partial charge in [0.15, 0.2) is 11.5 Å². The van der Waals surface area contributed by atoms with Gasteiger partial charge < -0.3 is 9.47 Å². The molecular weight excluding hydrogens is 371 g/mol. The molecule has 0 amide bonds. The highest BCUT2D eigenvalue weighted by Crippen LogP contribution is 2.41. The highest BCUT2D eigenvalue weighted by molar-refractivity contribution is 9.10. The summed E-state index contributed by atoms with van der Waals surface area (Å²) in [6.07, 6.45) is 0. The van der Waals surface area contributed by atoms with Gasteiger partial charge in [0.1, 0.15) is 4.34 Å². The Bertz CT molecular complexity index is 567. The first-order chi connectivity index (χ1) is 9.06. The van der Waals surface area contributed by atoms with E-state index in [-0.39, 0.29) is 5.38 Å². The number of hydrogen-bond acceptors (Lipinski definition) is 3. The standard InChI is InChI=1S/C13H11BrCl2O2S/c1-17-9-4-3-7(5-10(9)18-2)12(15)11-6-8(14)13(16)19-11/h3-6,12H,1-2H3. The third kappa shape index (κ3) is 3.19. The normalized spacial score (nSPS) is 12.3. The number of hydrogen-bond donors (Lipinski definition) is 0. The maximum Gasteiger partial charge on any atom is 0.161 e. The average molecular weight is 382 g/mol. The van der Waals surface area contributed by atoms with Gasteiger partial charge in [0.05, 0.1) is 19.6 Å². The summed E-state index contributed by atoms with van der Waals surface area (Å²) in [7, 11) is 3.20. The van der Waals surface area contributed by atoms with Crippen molar-refractivity contribution in [2.75, 3.05) is 14.2 Å². The molecule has 0 bridgehead atoms. The van der Waals surface area contributed by atoms with E-state index >= 15 is 0 Å². The van der Waals surface area contributed by atoms with Gasteiger partial charge in [-0.3, -0.25) is 0 Å². The summed E-state index contributed by atoms with van der Waals surface area (Å²) in [5.74, 6) is 1.34. The van der Waals surface area contributed by atoms with E-state index in [1.807, 2.05) is 24.3 Å². The van der Waals surface area contributed by atoms with E-state index in [1.54, 1.807) is 14.2 Å². The van der Waals surface area contributed by atoms with Crippen molar-refractivity contribution in [2.45, 2.75) is 5.38 Å². The molecule has 1 aromatic carbocycles. The number of benzene rings is 1. The molecule has 6 heteroatoms. The quantitative estimate of drug-likeness (QED) is 0.650. The van der Waals surface area contributed by atoms with Crippen LogP contribution in [0.25, 0.3) is 0 Å². The van der Waals surface area contributed by atoms with Crippen molar-refractivity contribution in [2.24, 2.45) is 0 Å². The minimum absolute atomic E-state index is 0.270. The second-order valence-electron chi connectivity index (χ2n) is 3.75. The van der Waals surface area contributed by atoms with Crippen molar-refractivity contribution in [3.05, 3.63) is 43.5 Å². The van der Waals surface area contributed by atoms with E-state index in [4.69, 9.17) is 32.7 Å².